The molecule has 0 saturated heterocycles. The van der Waals surface area contributed by atoms with Crippen LogP contribution >= 0.6 is 0 Å². The van der Waals surface area contributed by atoms with Crippen molar-refractivity contribution < 1.29 is 13.2 Å². The Morgan fingerprint density at radius 2 is 1.81 bits per heavy atom. The highest BCUT2D eigenvalue weighted by Gasteiger charge is 2.30. The summed E-state index contributed by atoms with van der Waals surface area (Å²) in [5.41, 5.74) is 6.85. The van der Waals surface area contributed by atoms with Crippen LogP contribution in [0.2, 0.25) is 0 Å². The number of alkyl halides is 3. The molecule has 0 heterocycles. The molecule has 110 valence electrons. The van der Waals surface area contributed by atoms with Gasteiger partial charge < -0.3 is 11.1 Å². The molecule has 6 heteroatoms. The summed E-state index contributed by atoms with van der Waals surface area (Å²) in [6, 6.07) is 12.1. The first-order valence-electron chi connectivity index (χ1n) is 6.20. The van der Waals surface area contributed by atoms with Gasteiger partial charge >= 0.3 is 6.18 Å². The molecule has 0 bridgehead atoms. The van der Waals surface area contributed by atoms with Crippen molar-refractivity contribution in [2.45, 2.75) is 13.1 Å². The Labute approximate surface area is 120 Å². The molecule has 0 saturated carbocycles. The smallest absolute Gasteiger partial charge is 0.369 e. The van der Waals surface area contributed by atoms with E-state index in [9.17, 15) is 13.2 Å². The molecule has 0 unspecified atom stereocenters. The van der Waals surface area contributed by atoms with Crippen molar-refractivity contribution >= 4 is 17.3 Å². The molecule has 0 radical (unpaired) electrons. The number of aliphatic imine (C=N–C) groups is 1. The quantitative estimate of drug-likeness (QED) is 0.647. The van der Waals surface area contributed by atoms with Gasteiger partial charge in [0, 0.05) is 5.69 Å². The van der Waals surface area contributed by atoms with Crippen LogP contribution in [-0.4, -0.2) is 5.96 Å². The Balaban J connectivity index is 2.19. The first-order valence-corrected chi connectivity index (χ1v) is 6.20. The Bertz CT molecular complexity index is 663. The second-order valence-electron chi connectivity index (χ2n) is 4.54. The van der Waals surface area contributed by atoms with E-state index in [0.29, 0.717) is 0 Å². The topological polar surface area (TPSA) is 50.4 Å². The third-order valence-electron chi connectivity index (χ3n) is 2.71. The van der Waals surface area contributed by atoms with E-state index in [1.54, 1.807) is 6.07 Å². The van der Waals surface area contributed by atoms with Crippen LogP contribution in [0.4, 0.5) is 24.5 Å². The normalized spacial score (nSPS) is 12.3. The number of guanidine groups is 1. The number of aryl methyl sites for hydroxylation is 1. The SMILES string of the molecule is Cc1cccc(NC(N)=Nc2cccc(C(F)(F)F)c2)c1. The van der Waals surface area contributed by atoms with Crippen molar-refractivity contribution in [3.05, 3.63) is 59.7 Å². The molecule has 0 spiro atoms. The van der Waals surface area contributed by atoms with E-state index < -0.39 is 11.7 Å². The summed E-state index contributed by atoms with van der Waals surface area (Å²) in [7, 11) is 0. The monoisotopic (exact) mass is 293 g/mol. The first-order chi connectivity index (χ1) is 9.84. The maximum atomic E-state index is 12.6. The lowest BCUT2D eigenvalue weighted by atomic mass is 10.2. The van der Waals surface area contributed by atoms with E-state index in [1.807, 2.05) is 25.1 Å². The molecule has 0 aliphatic heterocycles. The lowest BCUT2D eigenvalue weighted by Crippen LogP contribution is -2.21. The van der Waals surface area contributed by atoms with Gasteiger partial charge in [0.05, 0.1) is 11.3 Å². The highest BCUT2D eigenvalue weighted by atomic mass is 19.4. The molecular weight excluding hydrogens is 279 g/mol. The zero-order valence-electron chi connectivity index (χ0n) is 11.3. The largest absolute Gasteiger partial charge is 0.416 e. The minimum absolute atomic E-state index is 0.0277. The maximum Gasteiger partial charge on any atom is 0.416 e. The summed E-state index contributed by atoms with van der Waals surface area (Å²) in [6.07, 6.45) is -4.40. The molecule has 0 amide bonds. The van der Waals surface area contributed by atoms with E-state index in [2.05, 4.69) is 10.3 Å². The Morgan fingerprint density at radius 3 is 2.48 bits per heavy atom. The van der Waals surface area contributed by atoms with Crippen LogP contribution in [0.5, 0.6) is 0 Å². The summed E-state index contributed by atoms with van der Waals surface area (Å²) in [5.74, 6) is 0.0277. The van der Waals surface area contributed by atoms with Crippen LogP contribution < -0.4 is 11.1 Å². The molecule has 0 fully saturated rings. The predicted molar refractivity (Wildman–Crippen MR) is 77.5 cm³/mol. The van der Waals surface area contributed by atoms with Crippen LogP contribution in [0.15, 0.2) is 53.5 Å². The Morgan fingerprint density at radius 1 is 1.10 bits per heavy atom. The van der Waals surface area contributed by atoms with Gasteiger partial charge in [-0.25, -0.2) is 4.99 Å². The number of nitrogens with zero attached hydrogens (tertiary/aromatic N) is 1. The molecule has 21 heavy (non-hydrogen) atoms. The number of halogens is 3. The molecule has 0 aliphatic rings. The Hall–Kier alpha value is -2.50. The molecule has 3 nitrogen and oxygen atoms in total. The van der Waals surface area contributed by atoms with Gasteiger partial charge in [-0.15, -0.1) is 0 Å². The minimum Gasteiger partial charge on any atom is -0.369 e. The van der Waals surface area contributed by atoms with Crippen LogP contribution in [0.3, 0.4) is 0 Å². The molecule has 2 rings (SSSR count). The number of benzene rings is 2. The minimum atomic E-state index is -4.40. The van der Waals surface area contributed by atoms with Crippen molar-refractivity contribution in [2.75, 3.05) is 5.32 Å². The van der Waals surface area contributed by atoms with Crippen molar-refractivity contribution in [1.82, 2.24) is 0 Å². The first kappa shape index (κ1) is 14.9. The van der Waals surface area contributed by atoms with Crippen LogP contribution in [-0.2, 0) is 6.18 Å². The van der Waals surface area contributed by atoms with E-state index in [4.69, 9.17) is 5.73 Å². The van der Waals surface area contributed by atoms with Crippen LogP contribution in [0, 0.1) is 6.92 Å². The standard InChI is InChI=1S/C15H14F3N3/c1-10-4-2-6-12(8-10)20-14(19)21-13-7-3-5-11(9-13)15(16,17)18/h2-9H,1H3,(H3,19,20,21). The van der Waals surface area contributed by atoms with Gasteiger partial charge in [0.25, 0.3) is 0 Å². The average molecular weight is 293 g/mol. The number of nitrogens with two attached hydrogens (primary N) is 1. The van der Waals surface area contributed by atoms with Crippen molar-refractivity contribution in [2.24, 2.45) is 10.7 Å². The molecule has 0 atom stereocenters. The predicted octanol–water partition coefficient (Wildman–Crippen LogP) is 4.07. The number of nitrogens with one attached hydrogen (secondary N) is 1. The third-order valence-corrected chi connectivity index (χ3v) is 2.71. The van der Waals surface area contributed by atoms with Crippen molar-refractivity contribution in [1.29, 1.82) is 0 Å². The molecule has 3 N–H and O–H groups in total. The van der Waals surface area contributed by atoms with Gasteiger partial charge in [-0.1, -0.05) is 18.2 Å². The van der Waals surface area contributed by atoms with E-state index in [-0.39, 0.29) is 11.6 Å². The number of rotatable bonds is 2. The van der Waals surface area contributed by atoms with Crippen LogP contribution in [0.25, 0.3) is 0 Å². The fourth-order valence-electron chi connectivity index (χ4n) is 1.79. The molecule has 0 aliphatic carbocycles. The fourth-order valence-corrected chi connectivity index (χ4v) is 1.79. The summed E-state index contributed by atoms with van der Waals surface area (Å²) in [6.45, 7) is 1.92. The summed E-state index contributed by atoms with van der Waals surface area (Å²) < 4.78 is 37.8. The van der Waals surface area contributed by atoms with Gasteiger partial charge in [0.2, 0.25) is 0 Å². The average Bonchev–Trinajstić information content (AvgIpc) is 2.37. The lowest BCUT2D eigenvalue weighted by Gasteiger charge is -2.08. The van der Waals surface area contributed by atoms with E-state index in [0.717, 1.165) is 23.4 Å². The van der Waals surface area contributed by atoms with Gasteiger partial charge in [-0.05, 0) is 42.8 Å². The van der Waals surface area contributed by atoms with Gasteiger partial charge in [0.15, 0.2) is 5.96 Å². The summed E-state index contributed by atoms with van der Waals surface area (Å²) >= 11 is 0. The zero-order valence-corrected chi connectivity index (χ0v) is 11.3. The Kier molecular flexibility index (Phi) is 4.16. The molecule has 2 aromatic carbocycles. The molecule has 2 aromatic rings. The van der Waals surface area contributed by atoms with Gasteiger partial charge in [0.1, 0.15) is 0 Å². The van der Waals surface area contributed by atoms with Gasteiger partial charge in [-0.2, -0.15) is 13.2 Å². The number of hydrogen-bond acceptors (Lipinski definition) is 1. The van der Waals surface area contributed by atoms with Crippen molar-refractivity contribution in [3.63, 3.8) is 0 Å². The van der Waals surface area contributed by atoms with Crippen LogP contribution in [0.1, 0.15) is 11.1 Å². The molecular formula is C15H14F3N3. The molecule has 0 aromatic heterocycles. The lowest BCUT2D eigenvalue weighted by molar-refractivity contribution is -0.137. The zero-order chi connectivity index (χ0) is 15.5. The fraction of sp³-hybridized carbons (Fsp3) is 0.133. The highest BCUT2D eigenvalue weighted by molar-refractivity contribution is 5.94. The van der Waals surface area contributed by atoms with E-state index in [1.165, 1.54) is 12.1 Å². The highest BCUT2D eigenvalue weighted by Crippen LogP contribution is 2.31. The van der Waals surface area contributed by atoms with Crippen molar-refractivity contribution in [3.8, 4) is 0 Å². The second-order valence-corrected chi connectivity index (χ2v) is 4.54. The summed E-state index contributed by atoms with van der Waals surface area (Å²) in [5, 5.41) is 2.84. The van der Waals surface area contributed by atoms with E-state index >= 15 is 0 Å². The summed E-state index contributed by atoms with van der Waals surface area (Å²) in [4.78, 5) is 3.94. The van der Waals surface area contributed by atoms with Gasteiger partial charge in [-0.3, -0.25) is 0 Å². The maximum absolute atomic E-state index is 12.6. The second kappa shape index (κ2) is 5.87. The number of anilines is 1. The number of hydrogen-bond donors (Lipinski definition) is 2. The third kappa shape index (κ3) is 4.24.